The van der Waals surface area contributed by atoms with Crippen molar-refractivity contribution in [1.82, 2.24) is 5.32 Å². The Labute approximate surface area is 88.6 Å². The fourth-order valence-electron chi connectivity index (χ4n) is 0.994. The van der Waals surface area contributed by atoms with E-state index < -0.39 is 0 Å². The predicted molar refractivity (Wildman–Crippen MR) is 65.1 cm³/mol. The number of hydrogen-bond acceptors (Lipinski definition) is 1. The highest BCUT2D eigenvalue weighted by molar-refractivity contribution is 5.32. The van der Waals surface area contributed by atoms with Crippen LogP contribution in [0.3, 0.4) is 0 Å². The van der Waals surface area contributed by atoms with Crippen LogP contribution in [0.5, 0.6) is 0 Å². The fraction of sp³-hybridized carbons (Fsp3) is 0.538. The van der Waals surface area contributed by atoms with Gasteiger partial charge in [0, 0.05) is 11.7 Å². The zero-order valence-corrected chi connectivity index (χ0v) is 10.1. The van der Waals surface area contributed by atoms with Gasteiger partial charge in [0.15, 0.2) is 0 Å². The van der Waals surface area contributed by atoms with Crippen LogP contribution in [-0.2, 0) is 0 Å². The fourth-order valence-corrected chi connectivity index (χ4v) is 0.994. The Morgan fingerprint density at radius 1 is 1.14 bits per heavy atom. The standard InChI is InChI=1S/C13H23N/c1-9(2)11(5)8-12(6)13(7)14-10(3)4/h8-10,14H,5,7H2,1-4,6H3/b12-8+. The molecule has 14 heavy (non-hydrogen) atoms. The quantitative estimate of drug-likeness (QED) is 0.657. The molecule has 0 atom stereocenters. The summed E-state index contributed by atoms with van der Waals surface area (Å²) in [5.74, 6) is 0.497. The van der Waals surface area contributed by atoms with Crippen molar-refractivity contribution in [2.45, 2.75) is 40.7 Å². The average molecular weight is 193 g/mol. The van der Waals surface area contributed by atoms with Crippen molar-refractivity contribution in [3.8, 4) is 0 Å². The third-order valence-electron chi connectivity index (χ3n) is 2.08. The van der Waals surface area contributed by atoms with Gasteiger partial charge < -0.3 is 5.32 Å². The SMILES string of the molecule is C=C(NC(C)C)/C(C)=C/C(=C)C(C)C. The lowest BCUT2D eigenvalue weighted by Crippen LogP contribution is -2.21. The molecule has 80 valence electrons. The summed E-state index contributed by atoms with van der Waals surface area (Å²) in [5, 5.41) is 3.28. The molecule has 0 fully saturated rings. The number of nitrogens with one attached hydrogen (secondary N) is 1. The van der Waals surface area contributed by atoms with Crippen molar-refractivity contribution >= 4 is 0 Å². The molecule has 0 heterocycles. The molecule has 0 aliphatic heterocycles. The highest BCUT2D eigenvalue weighted by Crippen LogP contribution is 2.13. The van der Waals surface area contributed by atoms with Crippen molar-refractivity contribution in [2.24, 2.45) is 5.92 Å². The molecule has 0 saturated carbocycles. The maximum atomic E-state index is 4.01. The number of rotatable bonds is 5. The molecule has 0 aromatic rings. The molecule has 1 N–H and O–H groups in total. The summed E-state index contributed by atoms with van der Waals surface area (Å²) < 4.78 is 0. The van der Waals surface area contributed by atoms with Crippen LogP contribution < -0.4 is 5.32 Å². The molecular formula is C13H23N. The lowest BCUT2D eigenvalue weighted by atomic mass is 10.0. The van der Waals surface area contributed by atoms with E-state index in [0.29, 0.717) is 12.0 Å². The van der Waals surface area contributed by atoms with Crippen LogP contribution >= 0.6 is 0 Å². The maximum Gasteiger partial charge on any atom is 0.0298 e. The van der Waals surface area contributed by atoms with Crippen LogP contribution in [0.2, 0.25) is 0 Å². The largest absolute Gasteiger partial charge is 0.383 e. The molecular weight excluding hydrogens is 170 g/mol. The van der Waals surface area contributed by atoms with Crippen molar-refractivity contribution in [3.63, 3.8) is 0 Å². The van der Waals surface area contributed by atoms with Crippen LogP contribution in [0, 0.1) is 5.92 Å². The van der Waals surface area contributed by atoms with Crippen LogP contribution in [0.15, 0.2) is 36.1 Å². The summed E-state index contributed by atoms with van der Waals surface area (Å²) in [7, 11) is 0. The topological polar surface area (TPSA) is 12.0 Å². The minimum Gasteiger partial charge on any atom is -0.383 e. The minimum atomic E-state index is 0.429. The second-order valence-electron chi connectivity index (χ2n) is 4.33. The highest BCUT2D eigenvalue weighted by Gasteiger charge is 2.01. The molecule has 0 rings (SSSR count). The Hall–Kier alpha value is -0.980. The van der Waals surface area contributed by atoms with Crippen molar-refractivity contribution in [3.05, 3.63) is 36.1 Å². The van der Waals surface area contributed by atoms with E-state index in [9.17, 15) is 0 Å². The minimum absolute atomic E-state index is 0.429. The second kappa shape index (κ2) is 5.69. The first kappa shape index (κ1) is 13.0. The Morgan fingerprint density at radius 3 is 2.00 bits per heavy atom. The van der Waals surface area contributed by atoms with E-state index in [0.717, 1.165) is 16.8 Å². The van der Waals surface area contributed by atoms with Gasteiger partial charge in [-0.15, -0.1) is 0 Å². The molecule has 0 aromatic heterocycles. The molecule has 0 unspecified atom stereocenters. The first-order chi connectivity index (χ1) is 6.34. The smallest absolute Gasteiger partial charge is 0.0298 e. The average Bonchev–Trinajstić information content (AvgIpc) is 2.02. The van der Waals surface area contributed by atoms with E-state index >= 15 is 0 Å². The normalized spacial score (nSPS) is 12.1. The van der Waals surface area contributed by atoms with E-state index in [4.69, 9.17) is 0 Å². The molecule has 1 nitrogen and oxygen atoms in total. The Balaban J connectivity index is 4.38. The summed E-state index contributed by atoms with van der Waals surface area (Å²) in [6.07, 6.45) is 2.10. The van der Waals surface area contributed by atoms with Gasteiger partial charge in [0.25, 0.3) is 0 Å². The van der Waals surface area contributed by atoms with Gasteiger partial charge >= 0.3 is 0 Å². The van der Waals surface area contributed by atoms with Crippen molar-refractivity contribution in [1.29, 1.82) is 0 Å². The molecule has 0 aromatic carbocycles. The summed E-state index contributed by atoms with van der Waals surface area (Å²) in [6, 6.07) is 0.429. The molecule has 0 saturated heterocycles. The monoisotopic (exact) mass is 193 g/mol. The third kappa shape index (κ3) is 4.90. The molecule has 0 radical (unpaired) electrons. The van der Waals surface area contributed by atoms with Gasteiger partial charge in [0.05, 0.1) is 0 Å². The summed E-state index contributed by atoms with van der Waals surface area (Å²) in [5.41, 5.74) is 3.30. The van der Waals surface area contributed by atoms with E-state index in [1.807, 2.05) is 0 Å². The zero-order valence-electron chi connectivity index (χ0n) is 10.1. The van der Waals surface area contributed by atoms with Gasteiger partial charge in [0.2, 0.25) is 0 Å². The number of hydrogen-bond donors (Lipinski definition) is 1. The lowest BCUT2D eigenvalue weighted by molar-refractivity contribution is 0.675. The summed E-state index contributed by atoms with van der Waals surface area (Å²) in [4.78, 5) is 0. The lowest BCUT2D eigenvalue weighted by Gasteiger charge is -2.14. The molecule has 0 amide bonds. The molecule has 0 aliphatic rings. The highest BCUT2D eigenvalue weighted by atomic mass is 14.9. The Kier molecular flexibility index (Phi) is 5.29. The van der Waals surface area contributed by atoms with Crippen molar-refractivity contribution < 1.29 is 0 Å². The molecule has 0 bridgehead atoms. The van der Waals surface area contributed by atoms with E-state index in [1.54, 1.807) is 0 Å². The first-order valence-electron chi connectivity index (χ1n) is 5.17. The zero-order chi connectivity index (χ0) is 11.3. The van der Waals surface area contributed by atoms with E-state index in [-0.39, 0.29) is 0 Å². The summed E-state index contributed by atoms with van der Waals surface area (Å²) in [6.45, 7) is 18.6. The van der Waals surface area contributed by atoms with E-state index in [1.165, 1.54) is 0 Å². The molecule has 0 aliphatic carbocycles. The first-order valence-corrected chi connectivity index (χ1v) is 5.17. The third-order valence-corrected chi connectivity index (χ3v) is 2.08. The van der Waals surface area contributed by atoms with Gasteiger partial charge in [-0.3, -0.25) is 0 Å². The molecule has 1 heteroatoms. The van der Waals surface area contributed by atoms with Crippen molar-refractivity contribution in [2.75, 3.05) is 0 Å². The Bertz CT molecular complexity index is 244. The van der Waals surface area contributed by atoms with Crippen LogP contribution in [0.4, 0.5) is 0 Å². The number of allylic oxidation sites excluding steroid dienone is 3. The van der Waals surface area contributed by atoms with Gasteiger partial charge in [0.1, 0.15) is 0 Å². The maximum absolute atomic E-state index is 4.01. The summed E-state index contributed by atoms with van der Waals surface area (Å²) >= 11 is 0. The van der Waals surface area contributed by atoms with Gasteiger partial charge in [-0.25, -0.2) is 0 Å². The van der Waals surface area contributed by atoms with Gasteiger partial charge in [-0.2, -0.15) is 0 Å². The molecule has 0 spiro atoms. The van der Waals surface area contributed by atoms with Crippen LogP contribution in [0.25, 0.3) is 0 Å². The predicted octanol–water partition coefficient (Wildman–Crippen LogP) is 3.66. The van der Waals surface area contributed by atoms with E-state index in [2.05, 4.69) is 59.2 Å². The second-order valence-corrected chi connectivity index (χ2v) is 4.33. The van der Waals surface area contributed by atoms with Crippen LogP contribution in [0.1, 0.15) is 34.6 Å². The van der Waals surface area contributed by atoms with Crippen LogP contribution in [-0.4, -0.2) is 6.04 Å². The van der Waals surface area contributed by atoms with Gasteiger partial charge in [-0.1, -0.05) is 38.7 Å². The Morgan fingerprint density at radius 2 is 1.64 bits per heavy atom. The van der Waals surface area contributed by atoms with Gasteiger partial charge in [-0.05, 0) is 32.3 Å².